The molecule has 1 aromatic rings. The second-order valence-corrected chi connectivity index (χ2v) is 6.33. The highest BCUT2D eigenvalue weighted by molar-refractivity contribution is 9.10. The van der Waals surface area contributed by atoms with Gasteiger partial charge >= 0.3 is 0 Å². The zero-order valence-electron chi connectivity index (χ0n) is 11.4. The van der Waals surface area contributed by atoms with Gasteiger partial charge in [-0.3, -0.25) is 19.3 Å². The predicted molar refractivity (Wildman–Crippen MR) is 79.3 cm³/mol. The van der Waals surface area contributed by atoms with Gasteiger partial charge in [0.15, 0.2) is 0 Å². The first-order chi connectivity index (χ1) is 10.0. The highest BCUT2D eigenvalue weighted by Crippen LogP contribution is 2.23. The third-order valence-corrected chi connectivity index (χ3v) is 4.47. The molecule has 0 N–H and O–H groups in total. The second-order valence-electron chi connectivity index (χ2n) is 5.41. The number of hydrogen-bond donors (Lipinski definition) is 0. The highest BCUT2D eigenvalue weighted by atomic mass is 79.9. The van der Waals surface area contributed by atoms with Gasteiger partial charge in [-0.05, 0) is 17.7 Å². The van der Waals surface area contributed by atoms with Crippen LogP contribution in [0.1, 0.15) is 18.4 Å². The van der Waals surface area contributed by atoms with E-state index in [1.807, 2.05) is 24.3 Å². The fourth-order valence-electron chi connectivity index (χ4n) is 2.71. The summed E-state index contributed by atoms with van der Waals surface area (Å²) in [5, 5.41) is 0. The average Bonchev–Trinajstić information content (AvgIpc) is 2.72. The van der Waals surface area contributed by atoms with E-state index in [0.717, 1.165) is 10.0 Å². The Morgan fingerprint density at radius 1 is 1.10 bits per heavy atom. The zero-order chi connectivity index (χ0) is 15.0. The molecule has 2 saturated heterocycles. The van der Waals surface area contributed by atoms with E-state index in [4.69, 9.17) is 0 Å². The number of halogens is 1. The lowest BCUT2D eigenvalue weighted by molar-refractivity contribution is -0.151. The van der Waals surface area contributed by atoms with Crippen molar-refractivity contribution in [2.45, 2.75) is 25.3 Å². The molecule has 1 aromatic carbocycles. The van der Waals surface area contributed by atoms with Gasteiger partial charge in [0, 0.05) is 30.4 Å². The molecular formula is C15H15BrN2O3. The van der Waals surface area contributed by atoms with Crippen molar-refractivity contribution in [3.05, 3.63) is 34.3 Å². The molecule has 2 aliphatic heterocycles. The lowest BCUT2D eigenvalue weighted by atomic mass is 10.0. The minimum atomic E-state index is -0.124. The molecule has 0 aromatic heterocycles. The maximum Gasteiger partial charge on any atom is 0.230 e. The Labute approximate surface area is 131 Å². The van der Waals surface area contributed by atoms with Gasteiger partial charge in [-0.1, -0.05) is 28.1 Å². The molecule has 2 heterocycles. The standard InChI is InChI=1S/C15H15BrN2O3/c16-11-3-1-10(2-4-11)7-15(21)17-8-12(9-17)18-13(19)5-6-14(18)20/h1-4,12H,5-9H2. The number of rotatable bonds is 3. The van der Waals surface area contributed by atoms with Crippen molar-refractivity contribution in [1.82, 2.24) is 9.80 Å². The Hall–Kier alpha value is -1.69. The highest BCUT2D eigenvalue weighted by Gasteiger charge is 2.42. The quantitative estimate of drug-likeness (QED) is 0.773. The first kappa shape index (κ1) is 14.3. The molecule has 0 unspecified atom stereocenters. The summed E-state index contributed by atoms with van der Waals surface area (Å²) in [5.41, 5.74) is 0.958. The Morgan fingerprint density at radius 2 is 1.67 bits per heavy atom. The molecule has 0 spiro atoms. The van der Waals surface area contributed by atoms with E-state index in [2.05, 4.69) is 15.9 Å². The van der Waals surface area contributed by atoms with Crippen LogP contribution in [0.2, 0.25) is 0 Å². The van der Waals surface area contributed by atoms with Gasteiger partial charge in [-0.15, -0.1) is 0 Å². The van der Waals surface area contributed by atoms with Crippen LogP contribution in [0.15, 0.2) is 28.7 Å². The number of carbonyl (C=O) groups excluding carboxylic acids is 3. The zero-order valence-corrected chi connectivity index (χ0v) is 13.0. The van der Waals surface area contributed by atoms with Crippen LogP contribution in [0.25, 0.3) is 0 Å². The molecule has 2 aliphatic rings. The number of nitrogens with zero attached hydrogens (tertiary/aromatic N) is 2. The van der Waals surface area contributed by atoms with Gasteiger partial charge in [-0.25, -0.2) is 0 Å². The molecule has 110 valence electrons. The van der Waals surface area contributed by atoms with E-state index in [-0.39, 0.29) is 23.8 Å². The fraction of sp³-hybridized carbons (Fsp3) is 0.400. The molecule has 0 atom stereocenters. The van der Waals surface area contributed by atoms with E-state index in [1.165, 1.54) is 4.90 Å². The molecule has 5 nitrogen and oxygen atoms in total. The van der Waals surface area contributed by atoms with Crippen LogP contribution < -0.4 is 0 Å². The van der Waals surface area contributed by atoms with Crippen LogP contribution in [0.4, 0.5) is 0 Å². The minimum Gasteiger partial charge on any atom is -0.338 e. The van der Waals surface area contributed by atoms with Crippen LogP contribution >= 0.6 is 15.9 Å². The SMILES string of the molecule is O=C(Cc1ccc(Br)cc1)N1CC(N2C(=O)CCC2=O)C1. The molecule has 3 rings (SSSR count). The number of amides is 3. The molecular weight excluding hydrogens is 336 g/mol. The van der Waals surface area contributed by atoms with E-state index >= 15 is 0 Å². The summed E-state index contributed by atoms with van der Waals surface area (Å²) >= 11 is 3.36. The molecule has 0 saturated carbocycles. The fourth-order valence-corrected chi connectivity index (χ4v) is 2.98. The van der Waals surface area contributed by atoms with Gasteiger partial charge in [0.25, 0.3) is 0 Å². The summed E-state index contributed by atoms with van der Waals surface area (Å²) in [5.74, 6) is -0.178. The average molecular weight is 351 g/mol. The number of imide groups is 1. The van der Waals surface area contributed by atoms with E-state index < -0.39 is 0 Å². The molecule has 2 fully saturated rings. The predicted octanol–water partition coefficient (Wildman–Crippen LogP) is 1.35. The van der Waals surface area contributed by atoms with Crippen molar-refractivity contribution < 1.29 is 14.4 Å². The van der Waals surface area contributed by atoms with Crippen molar-refractivity contribution in [3.63, 3.8) is 0 Å². The maximum atomic E-state index is 12.1. The van der Waals surface area contributed by atoms with Gasteiger partial charge in [0.05, 0.1) is 12.5 Å². The monoisotopic (exact) mass is 350 g/mol. The van der Waals surface area contributed by atoms with Gasteiger partial charge in [0.2, 0.25) is 17.7 Å². The van der Waals surface area contributed by atoms with E-state index in [0.29, 0.717) is 32.4 Å². The number of carbonyl (C=O) groups is 3. The molecule has 0 bridgehead atoms. The Balaban J connectivity index is 1.54. The summed E-state index contributed by atoms with van der Waals surface area (Å²) in [6.45, 7) is 0.930. The van der Waals surface area contributed by atoms with Crippen molar-refractivity contribution in [2.24, 2.45) is 0 Å². The van der Waals surface area contributed by atoms with Crippen molar-refractivity contribution >= 4 is 33.7 Å². The van der Waals surface area contributed by atoms with Crippen molar-refractivity contribution in [1.29, 1.82) is 0 Å². The smallest absolute Gasteiger partial charge is 0.230 e. The third kappa shape index (κ3) is 2.85. The van der Waals surface area contributed by atoms with Crippen LogP contribution in [-0.2, 0) is 20.8 Å². The second kappa shape index (κ2) is 5.60. The minimum absolute atomic E-state index is 0.0349. The summed E-state index contributed by atoms with van der Waals surface area (Å²) in [6.07, 6.45) is 0.965. The molecule has 21 heavy (non-hydrogen) atoms. The lowest BCUT2D eigenvalue weighted by Crippen LogP contribution is -2.62. The Bertz CT molecular complexity index is 577. The number of hydrogen-bond acceptors (Lipinski definition) is 3. The maximum absolute atomic E-state index is 12.1. The summed E-state index contributed by atoms with van der Waals surface area (Å²) in [7, 11) is 0. The van der Waals surface area contributed by atoms with E-state index in [1.54, 1.807) is 4.90 Å². The van der Waals surface area contributed by atoms with Crippen LogP contribution in [0.3, 0.4) is 0 Å². The first-order valence-corrected chi connectivity index (χ1v) is 7.71. The third-order valence-electron chi connectivity index (χ3n) is 3.94. The Morgan fingerprint density at radius 3 is 2.24 bits per heavy atom. The molecule has 3 amide bonds. The van der Waals surface area contributed by atoms with Crippen molar-refractivity contribution in [3.8, 4) is 0 Å². The molecule has 0 aliphatic carbocycles. The summed E-state index contributed by atoms with van der Waals surface area (Å²) in [6, 6.07) is 7.51. The summed E-state index contributed by atoms with van der Waals surface area (Å²) in [4.78, 5) is 38.4. The number of likely N-dealkylation sites (tertiary alicyclic amines) is 2. The largest absolute Gasteiger partial charge is 0.338 e. The first-order valence-electron chi connectivity index (χ1n) is 6.91. The van der Waals surface area contributed by atoms with Crippen molar-refractivity contribution in [2.75, 3.05) is 13.1 Å². The van der Waals surface area contributed by atoms with Crippen LogP contribution in [0.5, 0.6) is 0 Å². The topological polar surface area (TPSA) is 57.7 Å². The van der Waals surface area contributed by atoms with Crippen LogP contribution in [-0.4, -0.2) is 46.7 Å². The Kier molecular flexibility index (Phi) is 3.80. The van der Waals surface area contributed by atoms with Crippen LogP contribution in [0, 0.1) is 0 Å². The van der Waals surface area contributed by atoms with Gasteiger partial charge in [0.1, 0.15) is 0 Å². The lowest BCUT2D eigenvalue weighted by Gasteiger charge is -2.43. The summed E-state index contributed by atoms with van der Waals surface area (Å²) < 4.78 is 0.980. The normalized spacial score (nSPS) is 19.1. The van der Waals surface area contributed by atoms with E-state index in [9.17, 15) is 14.4 Å². The van der Waals surface area contributed by atoms with Gasteiger partial charge in [-0.2, -0.15) is 0 Å². The molecule has 6 heteroatoms. The van der Waals surface area contributed by atoms with Gasteiger partial charge < -0.3 is 4.90 Å². The molecule has 0 radical (unpaired) electrons. The number of benzene rings is 1.